The Balaban J connectivity index is 2.21. The van der Waals surface area contributed by atoms with Crippen molar-refractivity contribution in [3.8, 4) is 33.5 Å². The number of anilines is 1. The third-order valence-corrected chi connectivity index (χ3v) is 3.87. The molecule has 3 aromatic rings. The van der Waals surface area contributed by atoms with Crippen LogP contribution >= 0.6 is 11.3 Å². The Bertz CT molecular complexity index is 917. The molecule has 112 valence electrons. The van der Waals surface area contributed by atoms with Gasteiger partial charge in [-0.25, -0.2) is 9.97 Å². The van der Waals surface area contributed by atoms with E-state index < -0.39 is 0 Å². The van der Waals surface area contributed by atoms with Crippen LogP contribution in [0.4, 0.5) is 5.13 Å². The molecule has 22 heavy (non-hydrogen) atoms. The molecule has 0 amide bonds. The second kappa shape index (κ2) is 5.15. The lowest BCUT2D eigenvalue weighted by atomic mass is 10.1. The summed E-state index contributed by atoms with van der Waals surface area (Å²) in [6.45, 7) is 1.72. The molecule has 5 N–H and O–H groups in total. The summed E-state index contributed by atoms with van der Waals surface area (Å²) in [5, 5.41) is 19.3. The van der Waals surface area contributed by atoms with Gasteiger partial charge in [0.15, 0.2) is 22.5 Å². The summed E-state index contributed by atoms with van der Waals surface area (Å²) in [6.07, 6.45) is 0. The van der Waals surface area contributed by atoms with Crippen LogP contribution in [0.2, 0.25) is 0 Å². The number of nitrogens with one attached hydrogen (secondary N) is 1. The molecule has 0 spiro atoms. The molecule has 3 rings (SSSR count). The Labute approximate surface area is 128 Å². The van der Waals surface area contributed by atoms with E-state index in [1.807, 2.05) is 0 Å². The molecule has 0 saturated carbocycles. The number of nitrogens with two attached hydrogens (primary N) is 1. The minimum atomic E-state index is -0.269. The van der Waals surface area contributed by atoms with Crippen LogP contribution in [0, 0.1) is 6.92 Å². The molecule has 0 saturated heterocycles. The number of benzene rings is 1. The molecule has 0 aliphatic heterocycles. The highest BCUT2D eigenvalue weighted by molar-refractivity contribution is 7.19. The number of aryl methyl sites for hydroxylation is 1. The van der Waals surface area contributed by atoms with Gasteiger partial charge in [-0.1, -0.05) is 11.3 Å². The smallest absolute Gasteiger partial charge is 0.251 e. The summed E-state index contributed by atoms with van der Waals surface area (Å²) in [6, 6.07) is 5.72. The minimum Gasteiger partial charge on any atom is -0.504 e. The Morgan fingerprint density at radius 3 is 2.64 bits per heavy atom. The normalized spacial score (nSPS) is 10.8. The minimum absolute atomic E-state index is 0.226. The van der Waals surface area contributed by atoms with Gasteiger partial charge in [0.2, 0.25) is 0 Å². The fourth-order valence-corrected chi connectivity index (χ4v) is 2.85. The van der Waals surface area contributed by atoms with Crippen molar-refractivity contribution in [2.75, 3.05) is 5.73 Å². The molecule has 0 fully saturated rings. The molecular weight excluding hydrogens is 304 g/mol. The van der Waals surface area contributed by atoms with E-state index in [0.29, 0.717) is 32.8 Å². The van der Waals surface area contributed by atoms with Crippen molar-refractivity contribution in [3.05, 3.63) is 40.3 Å². The molecule has 0 aliphatic rings. The Morgan fingerprint density at radius 2 is 1.95 bits per heavy atom. The van der Waals surface area contributed by atoms with Gasteiger partial charge < -0.3 is 20.9 Å². The third-order valence-electron chi connectivity index (χ3n) is 2.98. The lowest BCUT2D eigenvalue weighted by molar-refractivity contribution is 0.404. The van der Waals surface area contributed by atoms with Gasteiger partial charge in [0.05, 0.1) is 10.6 Å². The zero-order valence-corrected chi connectivity index (χ0v) is 12.3. The maximum atomic E-state index is 11.6. The first kappa shape index (κ1) is 14.1. The van der Waals surface area contributed by atoms with Gasteiger partial charge in [-0.2, -0.15) is 0 Å². The van der Waals surface area contributed by atoms with Gasteiger partial charge in [0.25, 0.3) is 5.56 Å². The summed E-state index contributed by atoms with van der Waals surface area (Å²) in [5.74, 6) is -0.127. The van der Waals surface area contributed by atoms with Crippen molar-refractivity contribution >= 4 is 16.5 Å². The first-order chi connectivity index (χ1) is 10.4. The Morgan fingerprint density at radius 1 is 1.18 bits per heavy atom. The second-order valence-corrected chi connectivity index (χ2v) is 5.70. The summed E-state index contributed by atoms with van der Waals surface area (Å²) < 4.78 is 0. The van der Waals surface area contributed by atoms with Crippen molar-refractivity contribution in [2.45, 2.75) is 6.92 Å². The van der Waals surface area contributed by atoms with Crippen LogP contribution in [0.5, 0.6) is 11.5 Å². The number of H-pyrrole nitrogens is 1. The highest BCUT2D eigenvalue weighted by atomic mass is 32.1. The zero-order valence-electron chi connectivity index (χ0n) is 11.5. The number of aromatic nitrogens is 3. The quantitative estimate of drug-likeness (QED) is 0.535. The Kier molecular flexibility index (Phi) is 3.30. The first-order valence-electron chi connectivity index (χ1n) is 6.31. The number of phenols is 2. The van der Waals surface area contributed by atoms with Crippen LogP contribution < -0.4 is 11.3 Å². The van der Waals surface area contributed by atoms with E-state index >= 15 is 0 Å². The zero-order chi connectivity index (χ0) is 15.9. The molecule has 0 bridgehead atoms. The number of hydrogen-bond donors (Lipinski definition) is 4. The second-order valence-electron chi connectivity index (χ2n) is 4.67. The van der Waals surface area contributed by atoms with Gasteiger partial charge >= 0.3 is 0 Å². The highest BCUT2D eigenvalue weighted by Crippen LogP contribution is 2.38. The Hall–Kier alpha value is -2.87. The summed E-state index contributed by atoms with van der Waals surface area (Å²) in [4.78, 5) is 23.4. The van der Waals surface area contributed by atoms with E-state index in [1.54, 1.807) is 13.0 Å². The lowest BCUT2D eigenvalue weighted by Gasteiger charge is -2.04. The van der Waals surface area contributed by atoms with E-state index in [4.69, 9.17) is 5.73 Å². The van der Waals surface area contributed by atoms with Crippen LogP contribution in [-0.4, -0.2) is 25.2 Å². The number of aromatic hydroxyl groups is 2. The van der Waals surface area contributed by atoms with E-state index in [-0.39, 0.29) is 17.1 Å². The monoisotopic (exact) mass is 316 g/mol. The lowest BCUT2D eigenvalue weighted by Crippen LogP contribution is -2.08. The highest BCUT2D eigenvalue weighted by Gasteiger charge is 2.17. The van der Waals surface area contributed by atoms with Crippen molar-refractivity contribution in [2.24, 2.45) is 0 Å². The fourth-order valence-electron chi connectivity index (χ4n) is 2.05. The van der Waals surface area contributed by atoms with Gasteiger partial charge in [-0.3, -0.25) is 4.79 Å². The maximum Gasteiger partial charge on any atom is 0.251 e. The van der Waals surface area contributed by atoms with E-state index in [1.165, 1.54) is 29.5 Å². The average Bonchev–Trinajstić information content (AvgIpc) is 2.83. The topological polar surface area (TPSA) is 125 Å². The predicted octanol–water partition coefficient (Wildman–Crippen LogP) is 1.86. The van der Waals surface area contributed by atoms with E-state index in [0.717, 1.165) is 0 Å². The van der Waals surface area contributed by atoms with Crippen LogP contribution in [0.3, 0.4) is 0 Å². The molecule has 7 nitrogen and oxygen atoms in total. The number of nitrogens with zero attached hydrogens (tertiary/aromatic N) is 2. The van der Waals surface area contributed by atoms with E-state index in [2.05, 4.69) is 15.0 Å². The van der Waals surface area contributed by atoms with Crippen LogP contribution in [0.1, 0.15) is 5.69 Å². The van der Waals surface area contributed by atoms with Crippen molar-refractivity contribution < 1.29 is 10.2 Å². The van der Waals surface area contributed by atoms with Gasteiger partial charge in [-0.15, -0.1) is 0 Å². The van der Waals surface area contributed by atoms with E-state index in [9.17, 15) is 15.0 Å². The van der Waals surface area contributed by atoms with Crippen LogP contribution in [0.25, 0.3) is 22.0 Å². The number of aromatic amines is 1. The SMILES string of the molecule is Cc1cc(=O)[nH]c(-c2sc(N)nc2-c2ccc(O)c(O)c2)n1. The van der Waals surface area contributed by atoms with Crippen molar-refractivity contribution in [1.82, 2.24) is 15.0 Å². The van der Waals surface area contributed by atoms with Crippen molar-refractivity contribution in [1.29, 1.82) is 0 Å². The third kappa shape index (κ3) is 2.51. The average molecular weight is 316 g/mol. The largest absolute Gasteiger partial charge is 0.504 e. The van der Waals surface area contributed by atoms with Gasteiger partial charge in [0.1, 0.15) is 0 Å². The number of thiazole rings is 1. The number of rotatable bonds is 2. The van der Waals surface area contributed by atoms with Crippen LogP contribution in [0.15, 0.2) is 29.1 Å². The summed E-state index contributed by atoms with van der Waals surface area (Å²) in [5.41, 5.74) is 7.11. The number of phenolic OH excluding ortho intramolecular Hbond substituents is 2. The molecule has 2 aromatic heterocycles. The molecule has 2 heterocycles. The number of hydrogen-bond acceptors (Lipinski definition) is 7. The predicted molar refractivity (Wildman–Crippen MR) is 83.9 cm³/mol. The molecule has 1 aromatic carbocycles. The summed E-state index contributed by atoms with van der Waals surface area (Å²) >= 11 is 1.18. The van der Waals surface area contributed by atoms with Crippen LogP contribution in [-0.2, 0) is 0 Å². The molecule has 0 aliphatic carbocycles. The molecule has 0 atom stereocenters. The summed E-state index contributed by atoms with van der Waals surface area (Å²) in [7, 11) is 0. The fraction of sp³-hybridized carbons (Fsp3) is 0.0714. The van der Waals surface area contributed by atoms with Gasteiger partial charge in [-0.05, 0) is 25.1 Å². The number of nitrogen functional groups attached to an aromatic ring is 1. The molecule has 8 heteroatoms. The molecular formula is C14H12N4O3S. The first-order valence-corrected chi connectivity index (χ1v) is 7.12. The molecule has 0 radical (unpaired) electrons. The maximum absolute atomic E-state index is 11.6. The van der Waals surface area contributed by atoms with Gasteiger partial charge in [0, 0.05) is 17.3 Å². The van der Waals surface area contributed by atoms with Crippen molar-refractivity contribution in [3.63, 3.8) is 0 Å². The standard InChI is InChI=1S/C14H12N4O3S/c1-6-4-10(21)17-13(16-6)12-11(18-14(15)22-12)7-2-3-8(19)9(20)5-7/h2-5,19-20H,1H3,(H2,15,18)(H,16,17,21). The molecule has 0 unspecified atom stereocenters.